The Kier molecular flexibility index (Phi) is 5.60. The van der Waals surface area contributed by atoms with Crippen LogP contribution in [0.3, 0.4) is 0 Å². The van der Waals surface area contributed by atoms with E-state index in [0.29, 0.717) is 25.1 Å². The maximum absolute atomic E-state index is 12.2. The largest absolute Gasteiger partial charge is 0.459 e. The fraction of sp³-hybridized carbons (Fsp3) is 0.438. The molecule has 0 spiro atoms. The molecule has 1 fully saturated rings. The summed E-state index contributed by atoms with van der Waals surface area (Å²) in [6, 6.07) is 4.65. The van der Waals surface area contributed by atoms with Crippen LogP contribution in [0, 0.1) is 5.92 Å². The highest BCUT2D eigenvalue weighted by molar-refractivity contribution is 6.33. The van der Waals surface area contributed by atoms with Gasteiger partial charge in [-0.05, 0) is 38.5 Å². The highest BCUT2D eigenvalue weighted by Gasteiger charge is 2.25. The van der Waals surface area contributed by atoms with Crippen LogP contribution in [0.2, 0.25) is 5.02 Å². The third-order valence-electron chi connectivity index (χ3n) is 3.43. The normalized spacial score (nSPS) is 17.6. The zero-order chi connectivity index (χ0) is 17.0. The minimum Gasteiger partial charge on any atom is -0.459 e. The molecular weight excluding hydrogens is 320 g/mol. The number of nitrogens with one attached hydrogen (secondary N) is 2. The smallest absolute Gasteiger partial charge is 0.339 e. The third-order valence-corrected chi connectivity index (χ3v) is 3.76. The minimum absolute atomic E-state index is 0.0424. The predicted molar refractivity (Wildman–Crippen MR) is 86.4 cm³/mol. The van der Waals surface area contributed by atoms with Crippen molar-refractivity contribution in [2.45, 2.75) is 32.8 Å². The van der Waals surface area contributed by atoms with Gasteiger partial charge in [0.15, 0.2) is 0 Å². The monoisotopic (exact) mass is 338 g/mol. The zero-order valence-corrected chi connectivity index (χ0v) is 13.8. The van der Waals surface area contributed by atoms with E-state index in [1.54, 1.807) is 19.9 Å². The molecule has 1 aliphatic rings. The van der Waals surface area contributed by atoms with Gasteiger partial charge in [-0.1, -0.05) is 11.6 Å². The molecule has 0 aromatic heterocycles. The second kappa shape index (κ2) is 7.46. The van der Waals surface area contributed by atoms with E-state index in [-0.39, 0.29) is 34.4 Å². The Hall–Kier alpha value is -2.08. The number of hydrogen-bond acceptors (Lipinski definition) is 4. The number of ether oxygens (including phenoxy) is 1. The van der Waals surface area contributed by atoms with Crippen LogP contribution in [-0.4, -0.2) is 30.4 Å². The number of carbonyl (C=O) groups excluding carboxylic acids is 3. The summed E-state index contributed by atoms with van der Waals surface area (Å²) in [6.07, 6.45) is 0.584. The van der Waals surface area contributed by atoms with Gasteiger partial charge >= 0.3 is 5.97 Å². The van der Waals surface area contributed by atoms with Crippen molar-refractivity contribution in [3.63, 3.8) is 0 Å². The van der Waals surface area contributed by atoms with Crippen LogP contribution < -0.4 is 10.6 Å². The first-order valence-electron chi connectivity index (χ1n) is 7.45. The lowest BCUT2D eigenvalue weighted by atomic mass is 9.98. The van der Waals surface area contributed by atoms with Crippen LogP contribution in [0.15, 0.2) is 18.2 Å². The number of esters is 1. The van der Waals surface area contributed by atoms with E-state index < -0.39 is 5.97 Å². The van der Waals surface area contributed by atoms with Crippen molar-refractivity contribution in [3.8, 4) is 0 Å². The van der Waals surface area contributed by atoms with Gasteiger partial charge in [-0.15, -0.1) is 0 Å². The number of benzene rings is 1. The summed E-state index contributed by atoms with van der Waals surface area (Å²) < 4.78 is 5.12. The average Bonchev–Trinajstić information content (AvgIpc) is 2.49. The third kappa shape index (κ3) is 4.69. The Morgan fingerprint density at radius 1 is 1.39 bits per heavy atom. The lowest BCUT2D eigenvalue weighted by Gasteiger charge is -2.21. The maximum atomic E-state index is 12.2. The van der Waals surface area contributed by atoms with Gasteiger partial charge in [0.05, 0.1) is 22.6 Å². The van der Waals surface area contributed by atoms with Gasteiger partial charge in [-0.3, -0.25) is 9.59 Å². The van der Waals surface area contributed by atoms with Crippen molar-refractivity contribution in [1.29, 1.82) is 0 Å². The molecule has 124 valence electrons. The van der Waals surface area contributed by atoms with Crippen molar-refractivity contribution in [1.82, 2.24) is 5.32 Å². The van der Waals surface area contributed by atoms with Crippen LogP contribution in [0.5, 0.6) is 0 Å². The molecule has 0 radical (unpaired) electrons. The lowest BCUT2D eigenvalue weighted by Crippen LogP contribution is -2.40. The molecule has 0 saturated carbocycles. The molecule has 1 saturated heterocycles. The number of anilines is 1. The maximum Gasteiger partial charge on any atom is 0.339 e. The summed E-state index contributed by atoms with van der Waals surface area (Å²) in [5, 5.41) is 5.67. The van der Waals surface area contributed by atoms with Crippen molar-refractivity contribution in [2.75, 3.05) is 11.9 Å². The molecule has 1 aliphatic heterocycles. The average molecular weight is 339 g/mol. The topological polar surface area (TPSA) is 84.5 Å². The summed E-state index contributed by atoms with van der Waals surface area (Å²) >= 11 is 6.01. The second-order valence-electron chi connectivity index (χ2n) is 5.68. The number of amides is 2. The second-order valence-corrected chi connectivity index (χ2v) is 6.08. The van der Waals surface area contributed by atoms with Crippen molar-refractivity contribution >= 4 is 35.1 Å². The summed E-state index contributed by atoms with van der Waals surface area (Å²) in [5.74, 6) is -1.06. The van der Waals surface area contributed by atoms with E-state index in [4.69, 9.17) is 16.3 Å². The molecule has 2 rings (SSSR count). The van der Waals surface area contributed by atoms with Gasteiger partial charge in [0, 0.05) is 18.7 Å². The van der Waals surface area contributed by atoms with Crippen molar-refractivity contribution < 1.29 is 19.1 Å². The van der Waals surface area contributed by atoms with Gasteiger partial charge in [0.25, 0.3) is 0 Å². The molecule has 23 heavy (non-hydrogen) atoms. The Morgan fingerprint density at radius 2 is 2.13 bits per heavy atom. The van der Waals surface area contributed by atoms with E-state index in [0.717, 1.165) is 0 Å². The summed E-state index contributed by atoms with van der Waals surface area (Å²) in [7, 11) is 0. The molecule has 1 atom stereocenters. The summed E-state index contributed by atoms with van der Waals surface area (Å²) in [4.78, 5) is 35.3. The van der Waals surface area contributed by atoms with E-state index in [2.05, 4.69) is 10.6 Å². The first-order valence-corrected chi connectivity index (χ1v) is 7.82. The molecule has 1 heterocycles. The minimum atomic E-state index is -0.536. The molecule has 0 bridgehead atoms. The molecule has 7 heteroatoms. The number of piperidine rings is 1. The van der Waals surface area contributed by atoms with Crippen molar-refractivity contribution in [2.24, 2.45) is 5.92 Å². The summed E-state index contributed by atoms with van der Waals surface area (Å²) in [6.45, 7) is 3.81. The quantitative estimate of drug-likeness (QED) is 0.825. The van der Waals surface area contributed by atoms with E-state index in [1.807, 2.05) is 0 Å². The molecule has 2 amide bonds. The van der Waals surface area contributed by atoms with Gasteiger partial charge in [0.1, 0.15) is 0 Å². The summed E-state index contributed by atoms with van der Waals surface area (Å²) in [5.41, 5.74) is 0.669. The van der Waals surface area contributed by atoms with Crippen LogP contribution in [0.1, 0.15) is 37.0 Å². The van der Waals surface area contributed by atoms with Crippen LogP contribution >= 0.6 is 11.6 Å². The molecule has 1 aromatic carbocycles. The SMILES string of the molecule is CC(C)OC(=O)c1cc(NC(=O)[C@H]2CCC(=O)NC2)ccc1Cl. The van der Waals surface area contributed by atoms with Gasteiger partial charge in [0.2, 0.25) is 11.8 Å². The molecule has 0 aliphatic carbocycles. The van der Waals surface area contributed by atoms with E-state index in [1.165, 1.54) is 12.1 Å². The number of halogens is 1. The Morgan fingerprint density at radius 3 is 2.74 bits per heavy atom. The van der Waals surface area contributed by atoms with Crippen LogP contribution in [0.25, 0.3) is 0 Å². The van der Waals surface area contributed by atoms with Crippen LogP contribution in [-0.2, 0) is 14.3 Å². The van der Waals surface area contributed by atoms with Crippen LogP contribution in [0.4, 0.5) is 5.69 Å². The van der Waals surface area contributed by atoms with Crippen molar-refractivity contribution in [3.05, 3.63) is 28.8 Å². The van der Waals surface area contributed by atoms with Gasteiger partial charge in [-0.25, -0.2) is 4.79 Å². The Labute approximate surface area is 139 Å². The number of hydrogen-bond donors (Lipinski definition) is 2. The molecule has 2 N–H and O–H groups in total. The molecule has 0 unspecified atom stereocenters. The number of carbonyl (C=O) groups is 3. The van der Waals surface area contributed by atoms with E-state index >= 15 is 0 Å². The Balaban J connectivity index is 2.07. The highest BCUT2D eigenvalue weighted by Crippen LogP contribution is 2.23. The fourth-order valence-electron chi connectivity index (χ4n) is 2.24. The Bertz CT molecular complexity index is 621. The highest BCUT2D eigenvalue weighted by atomic mass is 35.5. The fourth-order valence-corrected chi connectivity index (χ4v) is 2.43. The first kappa shape index (κ1) is 17.3. The molecule has 6 nitrogen and oxygen atoms in total. The molecule has 1 aromatic rings. The zero-order valence-electron chi connectivity index (χ0n) is 13.0. The predicted octanol–water partition coefficient (Wildman–Crippen LogP) is 2.37. The van der Waals surface area contributed by atoms with Gasteiger partial charge < -0.3 is 15.4 Å². The van der Waals surface area contributed by atoms with Gasteiger partial charge in [-0.2, -0.15) is 0 Å². The number of rotatable bonds is 4. The van der Waals surface area contributed by atoms with E-state index in [9.17, 15) is 14.4 Å². The lowest BCUT2D eigenvalue weighted by molar-refractivity contribution is -0.126. The first-order chi connectivity index (χ1) is 10.9. The molecular formula is C16H19ClN2O4. The standard InChI is InChI=1S/C16H19ClN2O4/c1-9(2)23-16(22)12-7-11(4-5-13(12)17)19-15(21)10-3-6-14(20)18-8-10/h4-5,7,9-10H,3,6,8H2,1-2H3,(H,18,20)(H,19,21)/t10-/m0/s1.